The van der Waals surface area contributed by atoms with E-state index in [1.165, 1.54) is 0 Å². The molecule has 1 aromatic carbocycles. The lowest BCUT2D eigenvalue weighted by Crippen LogP contribution is -2.25. The summed E-state index contributed by atoms with van der Waals surface area (Å²) in [7, 11) is 0. The Kier molecular flexibility index (Phi) is 5.53. The smallest absolute Gasteiger partial charge is 0.251 e. The third-order valence-corrected chi connectivity index (χ3v) is 3.46. The zero-order chi connectivity index (χ0) is 15.9. The summed E-state index contributed by atoms with van der Waals surface area (Å²) < 4.78 is 0. The van der Waals surface area contributed by atoms with Crippen LogP contribution in [0.5, 0.6) is 0 Å². The highest BCUT2D eigenvalue weighted by atomic mass is 16.1. The third-order valence-electron chi connectivity index (χ3n) is 3.46. The van der Waals surface area contributed by atoms with Crippen molar-refractivity contribution in [3.05, 3.63) is 53.9 Å². The standard InChI is InChI=1S/C18H23N3O/c1-13(2)6-11-20-18(22)15-4-5-17(14(3)12-15)21-16-7-9-19-10-8-16/h4-5,7-10,12-13H,6,11H2,1-3H3,(H,19,21)(H,20,22). The fourth-order valence-electron chi connectivity index (χ4n) is 2.11. The van der Waals surface area contributed by atoms with E-state index in [2.05, 4.69) is 29.5 Å². The molecule has 0 bridgehead atoms. The number of nitrogens with one attached hydrogen (secondary N) is 2. The Labute approximate surface area is 132 Å². The number of aryl methyl sites for hydroxylation is 1. The van der Waals surface area contributed by atoms with E-state index in [1.54, 1.807) is 12.4 Å². The molecule has 0 unspecified atom stereocenters. The van der Waals surface area contributed by atoms with Gasteiger partial charge in [0.1, 0.15) is 0 Å². The van der Waals surface area contributed by atoms with Gasteiger partial charge in [-0.25, -0.2) is 0 Å². The molecule has 0 spiro atoms. The van der Waals surface area contributed by atoms with Gasteiger partial charge in [0.25, 0.3) is 5.91 Å². The Morgan fingerprint density at radius 1 is 1.18 bits per heavy atom. The first-order valence-corrected chi connectivity index (χ1v) is 7.62. The summed E-state index contributed by atoms with van der Waals surface area (Å²) >= 11 is 0. The Morgan fingerprint density at radius 3 is 2.55 bits per heavy atom. The molecule has 0 aliphatic rings. The zero-order valence-electron chi connectivity index (χ0n) is 13.4. The van der Waals surface area contributed by atoms with Gasteiger partial charge in [0, 0.05) is 35.9 Å². The van der Waals surface area contributed by atoms with Crippen LogP contribution in [0.2, 0.25) is 0 Å². The minimum absolute atomic E-state index is 0.0146. The predicted molar refractivity (Wildman–Crippen MR) is 90.5 cm³/mol. The van der Waals surface area contributed by atoms with Crippen molar-refractivity contribution in [3.8, 4) is 0 Å². The first kappa shape index (κ1) is 16.0. The largest absolute Gasteiger partial charge is 0.355 e. The van der Waals surface area contributed by atoms with Crippen molar-refractivity contribution in [2.75, 3.05) is 11.9 Å². The Hall–Kier alpha value is -2.36. The first-order chi connectivity index (χ1) is 10.6. The highest BCUT2D eigenvalue weighted by molar-refractivity contribution is 5.95. The molecule has 0 aliphatic carbocycles. The van der Waals surface area contributed by atoms with Crippen LogP contribution in [-0.4, -0.2) is 17.4 Å². The lowest BCUT2D eigenvalue weighted by molar-refractivity contribution is 0.0952. The van der Waals surface area contributed by atoms with E-state index in [9.17, 15) is 4.79 Å². The maximum atomic E-state index is 12.1. The Morgan fingerprint density at radius 2 is 1.91 bits per heavy atom. The van der Waals surface area contributed by atoms with Gasteiger partial charge in [-0.1, -0.05) is 13.8 Å². The number of hydrogen-bond donors (Lipinski definition) is 2. The molecule has 4 heteroatoms. The molecule has 0 fully saturated rings. The van der Waals surface area contributed by atoms with E-state index in [1.807, 2.05) is 37.3 Å². The van der Waals surface area contributed by atoms with Crippen LogP contribution >= 0.6 is 0 Å². The molecule has 2 N–H and O–H groups in total. The van der Waals surface area contributed by atoms with Crippen molar-refractivity contribution in [3.63, 3.8) is 0 Å². The van der Waals surface area contributed by atoms with E-state index in [-0.39, 0.29) is 5.91 Å². The molecular formula is C18H23N3O. The molecule has 0 aliphatic heterocycles. The summed E-state index contributed by atoms with van der Waals surface area (Å²) in [5.74, 6) is 0.577. The first-order valence-electron chi connectivity index (χ1n) is 7.62. The molecule has 2 aromatic rings. The summed E-state index contributed by atoms with van der Waals surface area (Å²) in [4.78, 5) is 16.1. The molecule has 1 heterocycles. The molecule has 22 heavy (non-hydrogen) atoms. The summed E-state index contributed by atoms with van der Waals surface area (Å²) in [6.45, 7) is 7.01. The number of amides is 1. The second kappa shape index (κ2) is 7.59. The van der Waals surface area contributed by atoms with E-state index in [0.717, 1.165) is 23.4 Å². The van der Waals surface area contributed by atoms with Crippen LogP contribution in [0.25, 0.3) is 0 Å². The number of carbonyl (C=O) groups is 1. The van der Waals surface area contributed by atoms with E-state index in [4.69, 9.17) is 0 Å². The van der Waals surface area contributed by atoms with Crippen LogP contribution < -0.4 is 10.6 Å². The monoisotopic (exact) mass is 297 g/mol. The van der Waals surface area contributed by atoms with Gasteiger partial charge < -0.3 is 10.6 Å². The topological polar surface area (TPSA) is 54.0 Å². The number of nitrogens with zero attached hydrogens (tertiary/aromatic N) is 1. The number of rotatable bonds is 6. The lowest BCUT2D eigenvalue weighted by atomic mass is 10.1. The lowest BCUT2D eigenvalue weighted by Gasteiger charge is -2.12. The zero-order valence-corrected chi connectivity index (χ0v) is 13.4. The van der Waals surface area contributed by atoms with E-state index in [0.29, 0.717) is 18.0 Å². The van der Waals surface area contributed by atoms with Gasteiger partial charge in [0.15, 0.2) is 0 Å². The molecule has 2 rings (SSSR count). The molecule has 4 nitrogen and oxygen atoms in total. The maximum absolute atomic E-state index is 12.1. The second-order valence-electron chi connectivity index (χ2n) is 5.83. The number of aromatic nitrogens is 1. The van der Waals surface area contributed by atoms with Crippen LogP contribution in [0.1, 0.15) is 36.2 Å². The van der Waals surface area contributed by atoms with Crippen LogP contribution in [0.4, 0.5) is 11.4 Å². The van der Waals surface area contributed by atoms with Crippen molar-refractivity contribution in [2.45, 2.75) is 27.2 Å². The van der Waals surface area contributed by atoms with Gasteiger partial charge in [-0.05, 0) is 55.2 Å². The molecule has 0 saturated carbocycles. The van der Waals surface area contributed by atoms with Gasteiger partial charge in [-0.2, -0.15) is 0 Å². The molecule has 0 saturated heterocycles. The Balaban J connectivity index is 2.01. The van der Waals surface area contributed by atoms with Crippen LogP contribution in [0.15, 0.2) is 42.7 Å². The predicted octanol–water partition coefficient (Wildman–Crippen LogP) is 3.91. The van der Waals surface area contributed by atoms with E-state index < -0.39 is 0 Å². The van der Waals surface area contributed by atoms with Crippen LogP contribution in [-0.2, 0) is 0 Å². The molecule has 0 radical (unpaired) electrons. The molecule has 1 aromatic heterocycles. The molecule has 116 valence electrons. The number of pyridine rings is 1. The summed E-state index contributed by atoms with van der Waals surface area (Å²) in [5.41, 5.74) is 3.70. The summed E-state index contributed by atoms with van der Waals surface area (Å²) in [6.07, 6.45) is 4.48. The van der Waals surface area contributed by atoms with Gasteiger partial charge in [0.2, 0.25) is 0 Å². The molecule has 1 amide bonds. The minimum atomic E-state index is -0.0146. The Bertz CT molecular complexity index is 623. The average molecular weight is 297 g/mol. The highest BCUT2D eigenvalue weighted by Gasteiger charge is 2.08. The normalized spacial score (nSPS) is 10.5. The van der Waals surface area contributed by atoms with Crippen molar-refractivity contribution in [1.82, 2.24) is 10.3 Å². The van der Waals surface area contributed by atoms with Crippen LogP contribution in [0.3, 0.4) is 0 Å². The van der Waals surface area contributed by atoms with Crippen molar-refractivity contribution >= 4 is 17.3 Å². The summed E-state index contributed by atoms with van der Waals surface area (Å²) in [5, 5.41) is 6.28. The van der Waals surface area contributed by atoms with Gasteiger partial charge in [-0.15, -0.1) is 0 Å². The van der Waals surface area contributed by atoms with Crippen molar-refractivity contribution in [1.29, 1.82) is 0 Å². The molecule has 0 atom stereocenters. The maximum Gasteiger partial charge on any atom is 0.251 e. The number of carbonyl (C=O) groups excluding carboxylic acids is 1. The second-order valence-corrected chi connectivity index (χ2v) is 5.83. The quantitative estimate of drug-likeness (QED) is 0.850. The average Bonchev–Trinajstić information content (AvgIpc) is 2.50. The third kappa shape index (κ3) is 4.58. The fraction of sp³-hybridized carbons (Fsp3) is 0.333. The molecular weight excluding hydrogens is 274 g/mol. The fourth-order valence-corrected chi connectivity index (χ4v) is 2.11. The van der Waals surface area contributed by atoms with E-state index >= 15 is 0 Å². The van der Waals surface area contributed by atoms with Gasteiger partial charge in [0.05, 0.1) is 0 Å². The highest BCUT2D eigenvalue weighted by Crippen LogP contribution is 2.21. The van der Waals surface area contributed by atoms with Gasteiger partial charge in [-0.3, -0.25) is 9.78 Å². The number of benzene rings is 1. The van der Waals surface area contributed by atoms with Crippen molar-refractivity contribution in [2.24, 2.45) is 5.92 Å². The number of hydrogen-bond acceptors (Lipinski definition) is 3. The summed E-state index contributed by atoms with van der Waals surface area (Å²) in [6, 6.07) is 9.51. The van der Waals surface area contributed by atoms with Gasteiger partial charge >= 0.3 is 0 Å². The SMILES string of the molecule is Cc1cc(C(=O)NCCC(C)C)ccc1Nc1ccncc1. The number of anilines is 2. The minimum Gasteiger partial charge on any atom is -0.355 e. The van der Waals surface area contributed by atoms with Crippen molar-refractivity contribution < 1.29 is 4.79 Å². The van der Waals surface area contributed by atoms with Crippen LogP contribution in [0, 0.1) is 12.8 Å².